The van der Waals surface area contributed by atoms with Crippen molar-refractivity contribution >= 4 is 11.3 Å². The topological polar surface area (TPSA) is 43.4 Å². The molecule has 2 rings (SSSR count). The zero-order chi connectivity index (χ0) is 13.2. The minimum atomic E-state index is -0.328. The van der Waals surface area contributed by atoms with E-state index in [1.54, 1.807) is 25.6 Å². The van der Waals surface area contributed by atoms with Crippen LogP contribution >= 0.6 is 11.3 Å². The Balaban J connectivity index is 2.13. The Bertz CT molecular complexity index is 400. The first kappa shape index (κ1) is 13.9. The molecule has 0 saturated heterocycles. The van der Waals surface area contributed by atoms with Gasteiger partial charge in [-0.1, -0.05) is 0 Å². The van der Waals surface area contributed by atoms with Gasteiger partial charge < -0.3 is 14.8 Å². The standard InChI is InChI=1S/C13H22N2O2S/c1-13(2,17-4)12-15-10(8-16-3)11(18-12)7-14-9-5-6-9/h9,14H,5-8H2,1-4H3. The molecular weight excluding hydrogens is 248 g/mol. The minimum absolute atomic E-state index is 0.328. The van der Waals surface area contributed by atoms with Crippen molar-refractivity contribution in [1.82, 2.24) is 10.3 Å². The highest BCUT2D eigenvalue weighted by Gasteiger charge is 2.27. The zero-order valence-electron chi connectivity index (χ0n) is 11.6. The van der Waals surface area contributed by atoms with E-state index in [0.717, 1.165) is 17.2 Å². The van der Waals surface area contributed by atoms with Crippen LogP contribution in [0.3, 0.4) is 0 Å². The van der Waals surface area contributed by atoms with Gasteiger partial charge >= 0.3 is 0 Å². The van der Waals surface area contributed by atoms with Gasteiger partial charge in [-0.2, -0.15) is 0 Å². The summed E-state index contributed by atoms with van der Waals surface area (Å²) in [4.78, 5) is 5.94. The van der Waals surface area contributed by atoms with Gasteiger partial charge in [0, 0.05) is 31.7 Å². The van der Waals surface area contributed by atoms with E-state index < -0.39 is 0 Å². The van der Waals surface area contributed by atoms with Crippen molar-refractivity contribution in [3.63, 3.8) is 0 Å². The lowest BCUT2D eigenvalue weighted by molar-refractivity contribution is 0.0187. The Kier molecular flexibility index (Phi) is 4.37. The molecule has 0 radical (unpaired) electrons. The predicted molar refractivity (Wildman–Crippen MR) is 72.7 cm³/mol. The number of thiazole rings is 1. The molecule has 0 amide bonds. The van der Waals surface area contributed by atoms with E-state index in [4.69, 9.17) is 9.47 Å². The molecule has 1 fully saturated rings. The Morgan fingerprint density at radius 2 is 2.11 bits per heavy atom. The normalized spacial score (nSPS) is 16.2. The molecule has 1 aliphatic carbocycles. The molecule has 4 nitrogen and oxygen atoms in total. The number of rotatable bonds is 7. The number of hydrogen-bond acceptors (Lipinski definition) is 5. The molecule has 1 N–H and O–H groups in total. The SMILES string of the molecule is COCc1nc(C(C)(C)OC)sc1CNC1CC1. The van der Waals surface area contributed by atoms with Crippen molar-refractivity contribution in [1.29, 1.82) is 0 Å². The van der Waals surface area contributed by atoms with Crippen LogP contribution in [0.5, 0.6) is 0 Å². The molecule has 0 spiro atoms. The van der Waals surface area contributed by atoms with Crippen LogP contribution in [-0.2, 0) is 28.2 Å². The molecule has 0 aromatic carbocycles. The molecule has 1 heterocycles. The Morgan fingerprint density at radius 3 is 2.67 bits per heavy atom. The first-order valence-corrected chi connectivity index (χ1v) is 7.15. The lowest BCUT2D eigenvalue weighted by Crippen LogP contribution is -2.19. The van der Waals surface area contributed by atoms with Gasteiger partial charge in [0.05, 0.1) is 12.3 Å². The quantitative estimate of drug-likeness (QED) is 0.826. The summed E-state index contributed by atoms with van der Waals surface area (Å²) in [6, 6.07) is 0.710. The Hall–Kier alpha value is -0.490. The van der Waals surface area contributed by atoms with E-state index in [9.17, 15) is 0 Å². The average Bonchev–Trinajstić information content (AvgIpc) is 3.08. The fourth-order valence-corrected chi connectivity index (χ4v) is 2.74. The van der Waals surface area contributed by atoms with Gasteiger partial charge in [0.25, 0.3) is 0 Å². The highest BCUT2D eigenvalue weighted by atomic mass is 32.1. The van der Waals surface area contributed by atoms with Crippen LogP contribution in [0.15, 0.2) is 0 Å². The summed E-state index contributed by atoms with van der Waals surface area (Å²) in [5.74, 6) is 0. The second-order valence-electron chi connectivity index (χ2n) is 5.19. The van der Waals surface area contributed by atoms with Crippen LogP contribution in [0.4, 0.5) is 0 Å². The zero-order valence-corrected chi connectivity index (χ0v) is 12.4. The van der Waals surface area contributed by atoms with Crippen LogP contribution in [0.1, 0.15) is 42.3 Å². The largest absolute Gasteiger partial charge is 0.378 e. The molecule has 0 unspecified atom stereocenters. The molecule has 1 saturated carbocycles. The van der Waals surface area contributed by atoms with E-state index in [1.165, 1.54) is 17.7 Å². The summed E-state index contributed by atoms with van der Waals surface area (Å²) in [7, 11) is 3.43. The van der Waals surface area contributed by atoms with Crippen molar-refractivity contribution < 1.29 is 9.47 Å². The van der Waals surface area contributed by atoms with E-state index in [-0.39, 0.29) is 5.60 Å². The van der Waals surface area contributed by atoms with Crippen molar-refractivity contribution in [2.45, 2.75) is 51.5 Å². The predicted octanol–water partition coefficient (Wildman–Crippen LogP) is 2.42. The Labute approximate surface area is 113 Å². The maximum Gasteiger partial charge on any atom is 0.125 e. The van der Waals surface area contributed by atoms with E-state index in [1.807, 2.05) is 13.8 Å². The Morgan fingerprint density at radius 1 is 1.39 bits per heavy atom. The van der Waals surface area contributed by atoms with E-state index in [2.05, 4.69) is 10.3 Å². The number of nitrogens with zero attached hydrogens (tertiary/aromatic N) is 1. The van der Waals surface area contributed by atoms with Crippen molar-refractivity contribution in [2.75, 3.05) is 14.2 Å². The number of ether oxygens (including phenoxy) is 2. The lowest BCUT2D eigenvalue weighted by atomic mass is 10.1. The summed E-state index contributed by atoms with van der Waals surface area (Å²) in [6.45, 7) is 5.54. The van der Waals surface area contributed by atoms with Gasteiger partial charge in [-0.15, -0.1) is 11.3 Å². The van der Waals surface area contributed by atoms with E-state index >= 15 is 0 Å². The smallest absolute Gasteiger partial charge is 0.125 e. The average molecular weight is 270 g/mol. The van der Waals surface area contributed by atoms with Crippen LogP contribution in [0, 0.1) is 0 Å². The van der Waals surface area contributed by atoms with Gasteiger partial charge in [0.15, 0.2) is 0 Å². The maximum atomic E-state index is 5.49. The maximum absolute atomic E-state index is 5.49. The lowest BCUT2D eigenvalue weighted by Gasteiger charge is -2.19. The molecular formula is C13H22N2O2S. The third-order valence-electron chi connectivity index (χ3n) is 3.21. The molecule has 0 atom stereocenters. The van der Waals surface area contributed by atoms with Crippen LogP contribution in [0.2, 0.25) is 0 Å². The van der Waals surface area contributed by atoms with Crippen LogP contribution in [-0.4, -0.2) is 25.2 Å². The third-order valence-corrected chi connectivity index (χ3v) is 4.62. The molecule has 102 valence electrons. The van der Waals surface area contributed by atoms with Crippen LogP contribution in [0.25, 0.3) is 0 Å². The first-order valence-electron chi connectivity index (χ1n) is 6.33. The highest BCUT2D eigenvalue weighted by molar-refractivity contribution is 7.11. The summed E-state index contributed by atoms with van der Waals surface area (Å²) < 4.78 is 10.7. The summed E-state index contributed by atoms with van der Waals surface area (Å²) >= 11 is 1.72. The second-order valence-corrected chi connectivity index (χ2v) is 6.28. The summed E-state index contributed by atoms with van der Waals surface area (Å²) in [5.41, 5.74) is 0.709. The summed E-state index contributed by atoms with van der Waals surface area (Å²) in [5, 5.41) is 4.55. The minimum Gasteiger partial charge on any atom is -0.378 e. The third kappa shape index (κ3) is 3.29. The second kappa shape index (κ2) is 5.65. The van der Waals surface area contributed by atoms with E-state index in [0.29, 0.717) is 12.6 Å². The van der Waals surface area contributed by atoms with Crippen molar-refractivity contribution in [3.8, 4) is 0 Å². The monoisotopic (exact) mass is 270 g/mol. The molecule has 1 aromatic heterocycles. The van der Waals surface area contributed by atoms with Crippen molar-refractivity contribution in [2.24, 2.45) is 0 Å². The number of hydrogen-bond donors (Lipinski definition) is 1. The summed E-state index contributed by atoms with van der Waals surface area (Å²) in [6.07, 6.45) is 2.60. The molecule has 1 aromatic rings. The highest BCUT2D eigenvalue weighted by Crippen LogP contribution is 2.31. The van der Waals surface area contributed by atoms with Gasteiger partial charge in [0.1, 0.15) is 10.6 Å². The van der Waals surface area contributed by atoms with Gasteiger partial charge in [-0.3, -0.25) is 0 Å². The number of methoxy groups -OCH3 is 2. The first-order chi connectivity index (χ1) is 8.56. The molecule has 1 aliphatic rings. The number of aromatic nitrogens is 1. The van der Waals surface area contributed by atoms with Gasteiger partial charge in [-0.25, -0.2) is 4.98 Å². The number of nitrogens with one attached hydrogen (secondary N) is 1. The fraction of sp³-hybridized carbons (Fsp3) is 0.769. The van der Waals surface area contributed by atoms with Gasteiger partial charge in [0.2, 0.25) is 0 Å². The molecule has 0 bridgehead atoms. The fourth-order valence-electron chi connectivity index (χ4n) is 1.64. The molecule has 18 heavy (non-hydrogen) atoms. The molecule has 5 heteroatoms. The van der Waals surface area contributed by atoms with Gasteiger partial charge in [-0.05, 0) is 26.7 Å². The molecule has 0 aliphatic heterocycles. The van der Waals surface area contributed by atoms with Crippen LogP contribution < -0.4 is 5.32 Å². The van der Waals surface area contributed by atoms with Crippen molar-refractivity contribution in [3.05, 3.63) is 15.6 Å².